The predicted octanol–water partition coefficient (Wildman–Crippen LogP) is 5.00. The summed E-state index contributed by atoms with van der Waals surface area (Å²) in [6, 6.07) is 0.759. The third kappa shape index (κ3) is 5.90. The fourth-order valence-corrected chi connectivity index (χ4v) is 3.16. The Morgan fingerprint density at radius 1 is 0.765 bits per heavy atom. The Kier molecular flexibility index (Phi) is 6.54. The third-order valence-corrected chi connectivity index (χ3v) is 4.16. The van der Waals surface area contributed by atoms with Crippen molar-refractivity contribution in [2.75, 3.05) is 6.54 Å². The Balaban J connectivity index is 2.51. The minimum atomic E-state index is 0.337. The largest absolute Gasteiger partial charge is 0.296 e. The maximum Gasteiger partial charge on any atom is 0.0127 e. The van der Waals surface area contributed by atoms with Crippen LogP contribution in [-0.2, 0) is 0 Å². The van der Waals surface area contributed by atoms with Crippen LogP contribution in [0.4, 0.5) is 0 Å². The van der Waals surface area contributed by atoms with Gasteiger partial charge in [-0.2, -0.15) is 0 Å². The molecule has 1 atom stereocenters. The van der Waals surface area contributed by atoms with Gasteiger partial charge in [0, 0.05) is 11.6 Å². The van der Waals surface area contributed by atoms with Gasteiger partial charge in [-0.05, 0) is 47.1 Å². The molecule has 1 aliphatic heterocycles. The monoisotopic (exact) mass is 239 g/mol. The SMILES string of the molecule is CC1CCCCCCCCCCN1C(C)(C)C. The molecule has 0 bridgehead atoms. The predicted molar refractivity (Wildman–Crippen MR) is 77.5 cm³/mol. The van der Waals surface area contributed by atoms with Gasteiger partial charge in [0.25, 0.3) is 0 Å². The van der Waals surface area contributed by atoms with Crippen molar-refractivity contribution in [2.45, 2.75) is 97.1 Å². The van der Waals surface area contributed by atoms with E-state index in [0.717, 1.165) is 6.04 Å². The van der Waals surface area contributed by atoms with Gasteiger partial charge >= 0.3 is 0 Å². The summed E-state index contributed by atoms with van der Waals surface area (Å²) in [6.45, 7) is 10.8. The van der Waals surface area contributed by atoms with Crippen LogP contribution in [0, 0.1) is 0 Å². The second kappa shape index (κ2) is 7.41. The summed E-state index contributed by atoms with van der Waals surface area (Å²) in [5.41, 5.74) is 0.337. The van der Waals surface area contributed by atoms with Gasteiger partial charge in [0.15, 0.2) is 0 Å². The van der Waals surface area contributed by atoms with Crippen LogP contribution < -0.4 is 0 Å². The van der Waals surface area contributed by atoms with E-state index in [0.29, 0.717) is 5.54 Å². The highest BCUT2D eigenvalue weighted by molar-refractivity contribution is 4.81. The van der Waals surface area contributed by atoms with Crippen LogP contribution in [0.15, 0.2) is 0 Å². The summed E-state index contributed by atoms with van der Waals surface area (Å²) >= 11 is 0. The Labute approximate surface area is 109 Å². The maximum atomic E-state index is 2.73. The Hall–Kier alpha value is -0.0400. The molecule has 0 aromatic carbocycles. The Bertz CT molecular complexity index is 192. The van der Waals surface area contributed by atoms with E-state index in [-0.39, 0.29) is 0 Å². The molecule has 1 heterocycles. The van der Waals surface area contributed by atoms with Crippen LogP contribution in [0.3, 0.4) is 0 Å². The maximum absolute atomic E-state index is 2.73. The zero-order valence-electron chi connectivity index (χ0n) is 12.6. The summed E-state index contributed by atoms with van der Waals surface area (Å²) in [6.07, 6.45) is 12.9. The van der Waals surface area contributed by atoms with E-state index in [1.165, 1.54) is 64.3 Å². The molecule has 1 rings (SSSR count). The van der Waals surface area contributed by atoms with Crippen LogP contribution in [-0.4, -0.2) is 23.0 Å². The summed E-state index contributed by atoms with van der Waals surface area (Å²) in [5, 5.41) is 0. The number of hydrogen-bond acceptors (Lipinski definition) is 1. The molecule has 0 saturated carbocycles. The quantitative estimate of drug-likeness (QED) is 0.575. The lowest BCUT2D eigenvalue weighted by atomic mass is 9.97. The number of rotatable bonds is 0. The van der Waals surface area contributed by atoms with E-state index in [4.69, 9.17) is 0 Å². The Morgan fingerprint density at radius 3 is 1.76 bits per heavy atom. The van der Waals surface area contributed by atoms with E-state index in [2.05, 4.69) is 32.6 Å². The van der Waals surface area contributed by atoms with Crippen molar-refractivity contribution in [1.29, 1.82) is 0 Å². The molecule has 0 amide bonds. The van der Waals surface area contributed by atoms with Crippen LogP contribution in [0.1, 0.15) is 85.5 Å². The van der Waals surface area contributed by atoms with E-state index >= 15 is 0 Å². The third-order valence-electron chi connectivity index (χ3n) is 4.16. The summed E-state index contributed by atoms with van der Waals surface area (Å²) in [5.74, 6) is 0. The molecule has 0 aromatic rings. The van der Waals surface area contributed by atoms with Crippen LogP contribution in [0.5, 0.6) is 0 Å². The second-order valence-corrected chi connectivity index (χ2v) is 6.83. The van der Waals surface area contributed by atoms with Gasteiger partial charge in [-0.15, -0.1) is 0 Å². The zero-order valence-corrected chi connectivity index (χ0v) is 12.6. The van der Waals surface area contributed by atoms with Crippen molar-refractivity contribution >= 4 is 0 Å². The Morgan fingerprint density at radius 2 is 1.24 bits per heavy atom. The van der Waals surface area contributed by atoms with Crippen molar-refractivity contribution in [3.8, 4) is 0 Å². The van der Waals surface area contributed by atoms with E-state index < -0.39 is 0 Å². The van der Waals surface area contributed by atoms with Crippen molar-refractivity contribution in [1.82, 2.24) is 4.90 Å². The minimum Gasteiger partial charge on any atom is -0.296 e. The molecule has 1 fully saturated rings. The van der Waals surface area contributed by atoms with Crippen molar-refractivity contribution < 1.29 is 0 Å². The molecule has 1 aliphatic rings. The summed E-state index contributed by atoms with van der Waals surface area (Å²) in [7, 11) is 0. The zero-order chi connectivity index (χ0) is 12.7. The standard InChI is InChI=1S/C16H33N/c1-15-13-11-9-7-5-6-8-10-12-14-17(15)16(2,3)4/h15H,5-14H2,1-4H3. The lowest BCUT2D eigenvalue weighted by Gasteiger charge is -2.40. The van der Waals surface area contributed by atoms with Gasteiger partial charge < -0.3 is 0 Å². The van der Waals surface area contributed by atoms with Crippen LogP contribution in [0.25, 0.3) is 0 Å². The van der Waals surface area contributed by atoms with Crippen LogP contribution >= 0.6 is 0 Å². The van der Waals surface area contributed by atoms with Crippen molar-refractivity contribution in [2.24, 2.45) is 0 Å². The molecule has 17 heavy (non-hydrogen) atoms. The first-order chi connectivity index (χ1) is 8.02. The highest BCUT2D eigenvalue weighted by Crippen LogP contribution is 2.23. The summed E-state index contributed by atoms with van der Waals surface area (Å²) in [4.78, 5) is 2.73. The molecule has 0 N–H and O–H groups in total. The first-order valence-electron chi connectivity index (χ1n) is 7.78. The normalized spacial score (nSPS) is 27.2. The van der Waals surface area contributed by atoms with Gasteiger partial charge in [-0.25, -0.2) is 0 Å². The molecule has 1 heteroatoms. The fraction of sp³-hybridized carbons (Fsp3) is 1.00. The van der Waals surface area contributed by atoms with E-state index in [1.54, 1.807) is 0 Å². The fourth-order valence-electron chi connectivity index (χ4n) is 3.16. The highest BCUT2D eigenvalue weighted by Gasteiger charge is 2.25. The molecule has 1 unspecified atom stereocenters. The lowest BCUT2D eigenvalue weighted by Crippen LogP contribution is -2.47. The molecule has 102 valence electrons. The molecule has 0 spiro atoms. The van der Waals surface area contributed by atoms with Crippen molar-refractivity contribution in [3.05, 3.63) is 0 Å². The average molecular weight is 239 g/mol. The first kappa shape index (κ1) is 15.0. The van der Waals surface area contributed by atoms with E-state index in [9.17, 15) is 0 Å². The first-order valence-corrected chi connectivity index (χ1v) is 7.78. The minimum absolute atomic E-state index is 0.337. The second-order valence-electron chi connectivity index (χ2n) is 6.83. The molecular weight excluding hydrogens is 206 g/mol. The molecule has 0 radical (unpaired) electrons. The molecular formula is C16H33N. The van der Waals surface area contributed by atoms with Crippen molar-refractivity contribution in [3.63, 3.8) is 0 Å². The van der Waals surface area contributed by atoms with Gasteiger partial charge in [0.2, 0.25) is 0 Å². The molecule has 1 nitrogen and oxygen atoms in total. The van der Waals surface area contributed by atoms with Gasteiger partial charge in [-0.1, -0.05) is 44.9 Å². The van der Waals surface area contributed by atoms with E-state index in [1.807, 2.05) is 0 Å². The van der Waals surface area contributed by atoms with Crippen LogP contribution in [0.2, 0.25) is 0 Å². The highest BCUT2D eigenvalue weighted by atomic mass is 15.2. The molecule has 1 saturated heterocycles. The van der Waals surface area contributed by atoms with Gasteiger partial charge in [0.05, 0.1) is 0 Å². The topological polar surface area (TPSA) is 3.24 Å². The molecule has 0 aliphatic carbocycles. The van der Waals surface area contributed by atoms with Gasteiger partial charge in [-0.3, -0.25) is 4.90 Å². The summed E-state index contributed by atoms with van der Waals surface area (Å²) < 4.78 is 0. The van der Waals surface area contributed by atoms with Gasteiger partial charge in [0.1, 0.15) is 0 Å². The number of nitrogens with zero attached hydrogens (tertiary/aromatic N) is 1. The molecule has 0 aromatic heterocycles. The average Bonchev–Trinajstić information content (AvgIpc) is 2.21. The number of hydrogen-bond donors (Lipinski definition) is 0. The smallest absolute Gasteiger partial charge is 0.0127 e. The lowest BCUT2D eigenvalue weighted by molar-refractivity contribution is 0.0812.